The maximum atomic E-state index is 4.77. The zero-order valence-electron chi connectivity index (χ0n) is 17.0. The van der Waals surface area contributed by atoms with E-state index in [1.165, 1.54) is 21.0 Å². The van der Waals surface area contributed by atoms with Crippen molar-refractivity contribution in [3.05, 3.63) is 69.9 Å². The van der Waals surface area contributed by atoms with E-state index in [2.05, 4.69) is 58.8 Å². The van der Waals surface area contributed by atoms with Gasteiger partial charge in [0.15, 0.2) is 5.96 Å². The Morgan fingerprint density at radius 1 is 1.14 bits per heavy atom. The maximum Gasteiger partial charge on any atom is 0.191 e. The molecule has 29 heavy (non-hydrogen) atoms. The van der Waals surface area contributed by atoms with Crippen LogP contribution in [-0.2, 0) is 25.9 Å². The molecule has 0 amide bonds. The van der Waals surface area contributed by atoms with E-state index in [4.69, 9.17) is 4.99 Å². The summed E-state index contributed by atoms with van der Waals surface area (Å²) >= 11 is 1.79. The topological polar surface area (TPSA) is 67.1 Å². The highest BCUT2D eigenvalue weighted by atomic mass is 127. The molecular weight excluding hydrogens is 495 g/mol. The van der Waals surface area contributed by atoms with Gasteiger partial charge in [0.05, 0.1) is 18.1 Å². The molecule has 0 aliphatic rings. The molecule has 0 fully saturated rings. The molecule has 6 nitrogen and oxygen atoms in total. The highest BCUT2D eigenvalue weighted by Gasteiger charge is 2.05. The fourth-order valence-corrected chi connectivity index (χ4v) is 3.72. The van der Waals surface area contributed by atoms with E-state index in [9.17, 15) is 0 Å². The van der Waals surface area contributed by atoms with Crippen LogP contribution in [0.1, 0.15) is 34.9 Å². The molecule has 0 aliphatic carbocycles. The van der Waals surface area contributed by atoms with Gasteiger partial charge in [-0.05, 0) is 30.5 Å². The van der Waals surface area contributed by atoms with Gasteiger partial charge in [-0.1, -0.05) is 31.2 Å². The Labute approximate surface area is 193 Å². The van der Waals surface area contributed by atoms with Gasteiger partial charge in [0.25, 0.3) is 0 Å². The largest absolute Gasteiger partial charge is 0.357 e. The van der Waals surface area contributed by atoms with Crippen LogP contribution < -0.4 is 10.6 Å². The molecule has 0 aliphatic heterocycles. The fourth-order valence-electron chi connectivity index (χ4n) is 2.86. The molecule has 156 valence electrons. The van der Waals surface area contributed by atoms with Crippen LogP contribution in [0.3, 0.4) is 0 Å². The second-order valence-corrected chi connectivity index (χ2v) is 7.62. The van der Waals surface area contributed by atoms with Crippen LogP contribution in [0.5, 0.6) is 0 Å². The van der Waals surface area contributed by atoms with Crippen LogP contribution in [0.4, 0.5) is 0 Å². The van der Waals surface area contributed by atoms with Gasteiger partial charge in [0.2, 0.25) is 0 Å². The van der Waals surface area contributed by atoms with Crippen molar-refractivity contribution in [2.75, 3.05) is 13.1 Å². The summed E-state index contributed by atoms with van der Waals surface area (Å²) in [6.45, 7) is 7.28. The van der Waals surface area contributed by atoms with Crippen molar-refractivity contribution in [3.63, 3.8) is 0 Å². The number of hydrogen-bond acceptors (Lipinski definition) is 4. The number of hydrogen-bond donors (Lipinski definition) is 2. The van der Waals surface area contributed by atoms with Gasteiger partial charge < -0.3 is 10.6 Å². The lowest BCUT2D eigenvalue weighted by Crippen LogP contribution is -2.38. The Morgan fingerprint density at radius 3 is 2.66 bits per heavy atom. The normalized spacial score (nSPS) is 11.2. The molecule has 2 heterocycles. The number of aliphatic imine (C=N–C) groups is 1. The summed E-state index contributed by atoms with van der Waals surface area (Å²) < 4.78 is 1.94. The molecule has 8 heteroatoms. The van der Waals surface area contributed by atoms with E-state index in [-0.39, 0.29) is 24.0 Å². The molecule has 0 bridgehead atoms. The standard InChI is InChI=1S/C21H28N6S.HI/c1-3-19-15-24-20(28-19)10-12-23-21(22-4-2)25-14-17-8-5-6-9-18(17)16-27-13-7-11-26-27;/h5-9,11,13,15H,3-4,10,12,14,16H2,1-2H3,(H2,22,23,25);1H. The molecule has 3 aromatic rings. The molecule has 0 saturated heterocycles. The van der Waals surface area contributed by atoms with Crippen LogP contribution >= 0.6 is 35.3 Å². The Bertz CT molecular complexity index is 875. The van der Waals surface area contributed by atoms with Crippen molar-refractivity contribution in [2.45, 2.75) is 39.8 Å². The maximum absolute atomic E-state index is 4.77. The number of aryl methyl sites for hydroxylation is 1. The van der Waals surface area contributed by atoms with Crippen molar-refractivity contribution >= 4 is 41.3 Å². The zero-order valence-corrected chi connectivity index (χ0v) is 20.1. The number of halogens is 1. The first-order valence-electron chi connectivity index (χ1n) is 9.78. The molecule has 3 rings (SSSR count). The Morgan fingerprint density at radius 2 is 1.97 bits per heavy atom. The number of guanidine groups is 1. The number of nitrogens with one attached hydrogen (secondary N) is 2. The molecule has 2 aromatic heterocycles. The lowest BCUT2D eigenvalue weighted by atomic mass is 10.1. The summed E-state index contributed by atoms with van der Waals surface area (Å²) in [7, 11) is 0. The van der Waals surface area contributed by atoms with Crippen molar-refractivity contribution in [1.82, 2.24) is 25.4 Å². The van der Waals surface area contributed by atoms with E-state index in [0.29, 0.717) is 6.54 Å². The van der Waals surface area contributed by atoms with Gasteiger partial charge >= 0.3 is 0 Å². The van der Waals surface area contributed by atoms with Crippen LogP contribution in [0.2, 0.25) is 0 Å². The first-order chi connectivity index (χ1) is 13.8. The molecule has 0 saturated carbocycles. The first kappa shape index (κ1) is 23.3. The van der Waals surface area contributed by atoms with Crippen molar-refractivity contribution in [1.29, 1.82) is 0 Å². The number of thiazole rings is 1. The molecule has 1 aromatic carbocycles. The van der Waals surface area contributed by atoms with Crippen LogP contribution in [-0.4, -0.2) is 33.8 Å². The minimum atomic E-state index is 0. The fraction of sp³-hybridized carbons (Fsp3) is 0.381. The monoisotopic (exact) mass is 524 g/mol. The van der Waals surface area contributed by atoms with E-state index in [1.54, 1.807) is 17.5 Å². The van der Waals surface area contributed by atoms with Crippen molar-refractivity contribution < 1.29 is 0 Å². The second kappa shape index (κ2) is 12.6. The summed E-state index contributed by atoms with van der Waals surface area (Å²) in [5.41, 5.74) is 2.45. The molecule has 0 unspecified atom stereocenters. The summed E-state index contributed by atoms with van der Waals surface area (Å²) in [4.78, 5) is 10.6. The number of rotatable bonds is 9. The van der Waals surface area contributed by atoms with Crippen LogP contribution in [0.15, 0.2) is 53.9 Å². The Kier molecular flexibility index (Phi) is 10.1. The number of benzene rings is 1. The van der Waals surface area contributed by atoms with Gasteiger partial charge in [-0.3, -0.25) is 4.68 Å². The van der Waals surface area contributed by atoms with Gasteiger partial charge in [-0.25, -0.2) is 9.98 Å². The average Bonchev–Trinajstić information content (AvgIpc) is 3.39. The zero-order chi connectivity index (χ0) is 19.6. The van der Waals surface area contributed by atoms with E-state index >= 15 is 0 Å². The summed E-state index contributed by atoms with van der Waals surface area (Å²) in [5.74, 6) is 0.837. The molecule has 0 spiro atoms. The van der Waals surface area contributed by atoms with Gasteiger partial charge in [-0.2, -0.15) is 5.10 Å². The summed E-state index contributed by atoms with van der Waals surface area (Å²) in [5, 5.41) is 12.2. The lowest BCUT2D eigenvalue weighted by Gasteiger charge is -2.12. The lowest BCUT2D eigenvalue weighted by molar-refractivity contribution is 0.680. The minimum absolute atomic E-state index is 0. The Balaban J connectivity index is 0.00000300. The second-order valence-electron chi connectivity index (χ2n) is 6.42. The number of nitrogens with zero attached hydrogens (tertiary/aromatic N) is 4. The minimum Gasteiger partial charge on any atom is -0.357 e. The highest BCUT2D eigenvalue weighted by Crippen LogP contribution is 2.13. The highest BCUT2D eigenvalue weighted by molar-refractivity contribution is 14.0. The van der Waals surface area contributed by atoms with Crippen LogP contribution in [0, 0.1) is 0 Å². The third kappa shape index (κ3) is 7.43. The predicted molar refractivity (Wildman–Crippen MR) is 131 cm³/mol. The summed E-state index contributed by atoms with van der Waals surface area (Å²) in [6.07, 6.45) is 7.72. The van der Waals surface area contributed by atoms with E-state index in [1.807, 2.05) is 23.1 Å². The third-order valence-electron chi connectivity index (χ3n) is 4.34. The van der Waals surface area contributed by atoms with E-state index < -0.39 is 0 Å². The van der Waals surface area contributed by atoms with Gasteiger partial charge in [-0.15, -0.1) is 35.3 Å². The van der Waals surface area contributed by atoms with Gasteiger partial charge in [0, 0.05) is 43.0 Å². The smallest absolute Gasteiger partial charge is 0.191 e. The first-order valence-corrected chi connectivity index (χ1v) is 10.6. The quantitative estimate of drug-likeness (QED) is 0.254. The molecular formula is C21H29IN6S. The Hall–Kier alpha value is -1.94. The van der Waals surface area contributed by atoms with Crippen molar-refractivity contribution in [2.24, 2.45) is 4.99 Å². The summed E-state index contributed by atoms with van der Waals surface area (Å²) in [6, 6.07) is 10.3. The average molecular weight is 524 g/mol. The molecule has 0 atom stereocenters. The van der Waals surface area contributed by atoms with Crippen molar-refractivity contribution in [3.8, 4) is 0 Å². The predicted octanol–water partition coefficient (Wildman–Crippen LogP) is 3.87. The molecule has 0 radical (unpaired) electrons. The van der Waals surface area contributed by atoms with Gasteiger partial charge in [0.1, 0.15) is 0 Å². The van der Waals surface area contributed by atoms with E-state index in [0.717, 1.165) is 38.4 Å². The third-order valence-corrected chi connectivity index (χ3v) is 5.54. The van der Waals surface area contributed by atoms with Crippen LogP contribution in [0.25, 0.3) is 0 Å². The SMILES string of the molecule is CCNC(=NCc1ccccc1Cn1cccn1)NCCc1ncc(CC)s1.I. The molecule has 2 N–H and O–H groups in total. The number of aromatic nitrogens is 3.